The van der Waals surface area contributed by atoms with Crippen LogP contribution < -0.4 is 0 Å². The van der Waals surface area contributed by atoms with Crippen LogP contribution in [0.2, 0.25) is 0 Å². The molecule has 0 N–H and O–H groups in total. The Balaban J connectivity index is 1.21. The lowest BCUT2D eigenvalue weighted by Crippen LogP contribution is -2.14. The van der Waals surface area contributed by atoms with Gasteiger partial charge < -0.3 is 4.57 Å². The van der Waals surface area contributed by atoms with Crippen molar-refractivity contribution >= 4 is 64.3 Å². The van der Waals surface area contributed by atoms with Crippen molar-refractivity contribution in [1.29, 1.82) is 0 Å². The van der Waals surface area contributed by atoms with Crippen LogP contribution in [0.15, 0.2) is 152 Å². The second-order valence-electron chi connectivity index (χ2n) is 14.0. The molecule has 7 aromatic carbocycles. The molecule has 0 aliphatic heterocycles. The number of hydrogen-bond donors (Lipinski definition) is 0. The van der Waals surface area contributed by atoms with Crippen molar-refractivity contribution in [2.75, 3.05) is 0 Å². The molecule has 11 rings (SSSR count). The van der Waals surface area contributed by atoms with E-state index in [-0.39, 0.29) is 5.41 Å². The number of aromatic nitrogens is 3. The first-order chi connectivity index (χ1) is 24.6. The largest absolute Gasteiger partial charge is 0.309 e. The normalized spacial score (nSPS) is 13.6. The fourth-order valence-corrected chi connectivity index (χ4v) is 9.79. The van der Waals surface area contributed by atoms with Crippen molar-refractivity contribution < 1.29 is 0 Å². The molecule has 1 aliphatic rings. The molecule has 1 aliphatic carbocycles. The van der Waals surface area contributed by atoms with E-state index in [1.165, 1.54) is 64.2 Å². The van der Waals surface area contributed by atoms with Gasteiger partial charge in [0.1, 0.15) is 5.82 Å². The fourth-order valence-electron chi connectivity index (χ4n) is 8.68. The van der Waals surface area contributed by atoms with E-state index in [1.807, 2.05) is 11.3 Å². The molecule has 0 amide bonds. The van der Waals surface area contributed by atoms with E-state index in [0.29, 0.717) is 0 Å². The summed E-state index contributed by atoms with van der Waals surface area (Å²) in [6, 6.07) is 55.3. The van der Waals surface area contributed by atoms with Crippen LogP contribution in [0.25, 0.3) is 86.9 Å². The highest BCUT2D eigenvalue weighted by atomic mass is 32.1. The topological polar surface area (TPSA) is 22.8 Å². The van der Waals surface area contributed by atoms with Gasteiger partial charge in [-0.2, -0.15) is 0 Å². The molecular formula is C46H31N3S. The first-order valence-electron chi connectivity index (χ1n) is 17.2. The average Bonchev–Trinajstić information content (AvgIpc) is 3.89. The molecule has 0 bridgehead atoms. The summed E-state index contributed by atoms with van der Waals surface area (Å²) >= 11 is 1.88. The van der Waals surface area contributed by atoms with E-state index < -0.39 is 0 Å². The molecule has 3 aromatic heterocycles. The van der Waals surface area contributed by atoms with Crippen LogP contribution in [0.4, 0.5) is 0 Å². The summed E-state index contributed by atoms with van der Waals surface area (Å²) < 4.78 is 7.42. The lowest BCUT2D eigenvalue weighted by Gasteiger charge is -2.21. The number of rotatable bonds is 3. The fraction of sp³-hybridized carbons (Fsp3) is 0.0652. The maximum Gasteiger partial charge on any atom is 0.145 e. The molecule has 0 radical (unpaired) electrons. The Bertz CT molecular complexity index is 2990. The summed E-state index contributed by atoms with van der Waals surface area (Å²) in [4.78, 5) is 5.15. The SMILES string of the molecule is CC1(C)c2ccccc2-c2c1ccc1c2c2ccc3sc4ccccc4c3c2n1-c1ccc(-c2nc3ccccc3n2-c2ccccc2)cc1. The number of thiophene rings is 1. The van der Waals surface area contributed by atoms with Crippen molar-refractivity contribution in [2.45, 2.75) is 19.3 Å². The highest BCUT2D eigenvalue weighted by Crippen LogP contribution is 2.54. The number of para-hydroxylation sites is 3. The van der Waals surface area contributed by atoms with Gasteiger partial charge >= 0.3 is 0 Å². The summed E-state index contributed by atoms with van der Waals surface area (Å²) in [7, 11) is 0. The van der Waals surface area contributed by atoms with Crippen molar-refractivity contribution in [3.8, 4) is 33.9 Å². The number of nitrogens with zero attached hydrogens (tertiary/aromatic N) is 3. The molecule has 3 nitrogen and oxygen atoms in total. The molecular weight excluding hydrogens is 627 g/mol. The smallest absolute Gasteiger partial charge is 0.145 e. The Morgan fingerprint density at radius 2 is 1.26 bits per heavy atom. The van der Waals surface area contributed by atoms with Crippen LogP contribution in [-0.4, -0.2) is 14.1 Å². The summed E-state index contributed by atoms with van der Waals surface area (Å²) in [6.07, 6.45) is 0. The Morgan fingerprint density at radius 1 is 0.520 bits per heavy atom. The van der Waals surface area contributed by atoms with E-state index in [2.05, 4.69) is 175 Å². The van der Waals surface area contributed by atoms with Crippen LogP contribution in [0.3, 0.4) is 0 Å². The van der Waals surface area contributed by atoms with Crippen molar-refractivity contribution in [1.82, 2.24) is 14.1 Å². The van der Waals surface area contributed by atoms with Crippen LogP contribution in [0.1, 0.15) is 25.0 Å². The van der Waals surface area contributed by atoms with E-state index >= 15 is 0 Å². The zero-order valence-corrected chi connectivity index (χ0v) is 28.5. The van der Waals surface area contributed by atoms with Crippen LogP contribution in [-0.2, 0) is 5.41 Å². The monoisotopic (exact) mass is 657 g/mol. The van der Waals surface area contributed by atoms with Crippen LogP contribution in [0, 0.1) is 0 Å². The lowest BCUT2D eigenvalue weighted by atomic mass is 9.82. The molecule has 0 fully saturated rings. The first-order valence-corrected chi connectivity index (χ1v) is 18.0. The van der Waals surface area contributed by atoms with Crippen LogP contribution in [0.5, 0.6) is 0 Å². The number of imidazole rings is 1. The zero-order chi connectivity index (χ0) is 33.1. The molecule has 0 saturated heterocycles. The first kappa shape index (κ1) is 27.9. The van der Waals surface area contributed by atoms with Gasteiger partial charge in [-0.25, -0.2) is 4.98 Å². The standard InChI is InChI=1S/C46H31N3S/c1-46(2)34-16-8-6-14-31(34)41-35(46)25-26-38-42(41)33-24-27-40-43(32-15-7-11-19-39(32)50-40)44(33)48(38)30-22-20-28(21-23-30)45-47-36-17-9-10-18-37(36)49(45)29-12-4-3-5-13-29/h3-27H,1-2H3. The lowest BCUT2D eigenvalue weighted by molar-refractivity contribution is 0.661. The van der Waals surface area contributed by atoms with Gasteiger partial charge in [0.25, 0.3) is 0 Å². The Morgan fingerprint density at radius 3 is 2.14 bits per heavy atom. The molecule has 236 valence electrons. The molecule has 3 heterocycles. The Kier molecular flexibility index (Phi) is 5.61. The predicted molar refractivity (Wildman–Crippen MR) is 211 cm³/mol. The number of benzene rings is 7. The minimum atomic E-state index is -0.0699. The molecule has 0 unspecified atom stereocenters. The van der Waals surface area contributed by atoms with Gasteiger partial charge in [-0.3, -0.25) is 4.57 Å². The van der Waals surface area contributed by atoms with Crippen molar-refractivity contribution in [3.05, 3.63) is 163 Å². The maximum absolute atomic E-state index is 5.15. The highest BCUT2D eigenvalue weighted by molar-refractivity contribution is 7.26. The molecule has 4 heteroatoms. The molecule has 0 atom stereocenters. The summed E-state index contributed by atoms with van der Waals surface area (Å²) in [5.74, 6) is 0.939. The molecule has 50 heavy (non-hydrogen) atoms. The van der Waals surface area contributed by atoms with Gasteiger partial charge in [0.05, 0.1) is 22.1 Å². The van der Waals surface area contributed by atoms with E-state index in [0.717, 1.165) is 33.8 Å². The molecule has 0 saturated carbocycles. The number of hydrogen-bond acceptors (Lipinski definition) is 2. The second kappa shape index (κ2) is 10.0. The third-order valence-corrected chi connectivity index (χ3v) is 12.1. The van der Waals surface area contributed by atoms with Crippen molar-refractivity contribution in [2.24, 2.45) is 0 Å². The Labute approximate surface area is 293 Å². The Hall–Kier alpha value is -5.97. The second-order valence-corrected chi connectivity index (χ2v) is 15.0. The maximum atomic E-state index is 5.15. The third kappa shape index (κ3) is 3.66. The third-order valence-electron chi connectivity index (χ3n) is 10.9. The quantitative estimate of drug-likeness (QED) is 0.185. The van der Waals surface area contributed by atoms with E-state index in [9.17, 15) is 0 Å². The predicted octanol–water partition coefficient (Wildman–Crippen LogP) is 12.5. The molecule has 0 spiro atoms. The van der Waals surface area contributed by atoms with E-state index in [1.54, 1.807) is 0 Å². The summed E-state index contributed by atoms with van der Waals surface area (Å²) in [5, 5.41) is 5.28. The van der Waals surface area contributed by atoms with Gasteiger partial charge in [-0.1, -0.05) is 98.8 Å². The molecule has 10 aromatic rings. The van der Waals surface area contributed by atoms with Gasteiger partial charge in [0.2, 0.25) is 0 Å². The van der Waals surface area contributed by atoms with E-state index in [4.69, 9.17) is 4.98 Å². The van der Waals surface area contributed by atoms with Crippen LogP contribution >= 0.6 is 11.3 Å². The van der Waals surface area contributed by atoms with Gasteiger partial charge in [-0.05, 0) is 89.0 Å². The highest BCUT2D eigenvalue weighted by Gasteiger charge is 2.37. The van der Waals surface area contributed by atoms with Gasteiger partial charge in [0, 0.05) is 53.3 Å². The summed E-state index contributed by atoms with van der Waals surface area (Å²) in [5.41, 5.74) is 13.4. The van der Waals surface area contributed by atoms with Crippen molar-refractivity contribution in [3.63, 3.8) is 0 Å². The van der Waals surface area contributed by atoms with Gasteiger partial charge in [0.15, 0.2) is 0 Å². The minimum absolute atomic E-state index is 0.0699. The summed E-state index contributed by atoms with van der Waals surface area (Å²) in [6.45, 7) is 4.74. The zero-order valence-electron chi connectivity index (χ0n) is 27.7. The average molecular weight is 658 g/mol. The van der Waals surface area contributed by atoms with Gasteiger partial charge in [-0.15, -0.1) is 11.3 Å². The number of fused-ring (bicyclic) bond motifs is 12. The minimum Gasteiger partial charge on any atom is -0.309 e.